The topological polar surface area (TPSA) is 83.2 Å². The summed E-state index contributed by atoms with van der Waals surface area (Å²) in [4.78, 5) is 30.4. The maximum atomic E-state index is 13.4. The number of Topliss-reactive ketones (excluding diaryl/α,β-unsaturated/α-hetero) is 1. The number of carbonyl (C=O) groups excluding carboxylic acids is 2. The zero-order valence-electron chi connectivity index (χ0n) is 20.7. The summed E-state index contributed by atoms with van der Waals surface area (Å²) in [5.41, 5.74) is 0.772. The number of furan rings is 1. The predicted molar refractivity (Wildman–Crippen MR) is 131 cm³/mol. The minimum Gasteiger partial charge on any atom is -0.503 e. The minimum absolute atomic E-state index is 0.0490. The van der Waals surface area contributed by atoms with Crippen molar-refractivity contribution < 1.29 is 23.8 Å². The largest absolute Gasteiger partial charge is 0.503 e. The smallest absolute Gasteiger partial charge is 0.290 e. The van der Waals surface area contributed by atoms with Crippen molar-refractivity contribution in [3.05, 3.63) is 64.8 Å². The highest BCUT2D eigenvalue weighted by Crippen LogP contribution is 2.40. The Morgan fingerprint density at radius 1 is 1.15 bits per heavy atom. The SMILES string of the molecule is CCCCOc1cccc(C2C(C(=O)c3ccc(C)o3)=C(O)C(=O)N2CCCN(CC)CC)c1. The van der Waals surface area contributed by atoms with E-state index in [1.807, 2.05) is 24.3 Å². The van der Waals surface area contributed by atoms with Gasteiger partial charge in [0.25, 0.3) is 5.91 Å². The maximum absolute atomic E-state index is 13.4. The lowest BCUT2D eigenvalue weighted by atomic mass is 9.95. The van der Waals surface area contributed by atoms with E-state index in [4.69, 9.17) is 9.15 Å². The Morgan fingerprint density at radius 3 is 2.56 bits per heavy atom. The Hall–Kier alpha value is -3.06. The van der Waals surface area contributed by atoms with Crippen molar-refractivity contribution in [2.45, 2.75) is 53.0 Å². The lowest BCUT2D eigenvalue weighted by Gasteiger charge is -2.28. The standard InChI is InChI=1S/C27H36N2O5/c1-5-8-17-33-21-12-9-11-20(18-21)24-23(25(30)22-14-13-19(4)34-22)26(31)27(32)29(24)16-10-15-28(6-2)7-3/h9,11-14,18,24,31H,5-8,10,15-17H2,1-4H3. The van der Waals surface area contributed by atoms with Gasteiger partial charge in [0.05, 0.1) is 18.2 Å². The van der Waals surface area contributed by atoms with E-state index in [1.165, 1.54) is 0 Å². The molecule has 0 saturated carbocycles. The zero-order valence-corrected chi connectivity index (χ0v) is 20.7. The summed E-state index contributed by atoms with van der Waals surface area (Å²) in [6.45, 7) is 11.7. The van der Waals surface area contributed by atoms with Crippen molar-refractivity contribution in [3.63, 3.8) is 0 Å². The third kappa shape index (κ3) is 5.70. The molecule has 3 rings (SSSR count). The fourth-order valence-corrected chi connectivity index (χ4v) is 4.27. The highest BCUT2D eigenvalue weighted by molar-refractivity contribution is 6.15. The normalized spacial score (nSPS) is 16.1. The molecule has 184 valence electrons. The molecule has 0 aliphatic carbocycles. The Bertz CT molecular complexity index is 1020. The van der Waals surface area contributed by atoms with Crippen LogP contribution in [0.5, 0.6) is 5.75 Å². The molecule has 0 saturated heterocycles. The van der Waals surface area contributed by atoms with Gasteiger partial charge in [0.15, 0.2) is 11.5 Å². The first kappa shape index (κ1) is 25.6. The molecule has 1 amide bonds. The number of hydrogen-bond donors (Lipinski definition) is 1. The van der Waals surface area contributed by atoms with Crippen molar-refractivity contribution >= 4 is 11.7 Å². The summed E-state index contributed by atoms with van der Waals surface area (Å²) in [6.07, 6.45) is 2.69. The van der Waals surface area contributed by atoms with Crippen LogP contribution in [0.4, 0.5) is 0 Å². The van der Waals surface area contributed by atoms with Crippen LogP contribution in [-0.2, 0) is 4.79 Å². The van der Waals surface area contributed by atoms with Crippen molar-refractivity contribution in [1.82, 2.24) is 9.80 Å². The second-order valence-corrected chi connectivity index (χ2v) is 8.56. The molecule has 7 nitrogen and oxygen atoms in total. The molecular formula is C27H36N2O5. The van der Waals surface area contributed by atoms with E-state index in [1.54, 1.807) is 24.0 Å². The molecule has 2 aromatic rings. The van der Waals surface area contributed by atoms with Crippen LogP contribution in [0, 0.1) is 6.92 Å². The van der Waals surface area contributed by atoms with E-state index in [9.17, 15) is 14.7 Å². The summed E-state index contributed by atoms with van der Waals surface area (Å²) in [5.74, 6) is -0.150. The summed E-state index contributed by atoms with van der Waals surface area (Å²) < 4.78 is 11.4. The minimum atomic E-state index is -0.711. The number of aliphatic hydroxyl groups excluding tert-OH is 1. The molecule has 2 heterocycles. The fourth-order valence-electron chi connectivity index (χ4n) is 4.27. The lowest BCUT2D eigenvalue weighted by molar-refractivity contribution is -0.129. The molecule has 1 aromatic heterocycles. The summed E-state index contributed by atoms with van der Waals surface area (Å²) in [5, 5.41) is 10.8. The van der Waals surface area contributed by atoms with E-state index in [2.05, 4.69) is 25.7 Å². The van der Waals surface area contributed by atoms with Crippen LogP contribution in [0.3, 0.4) is 0 Å². The first-order valence-corrected chi connectivity index (χ1v) is 12.2. The van der Waals surface area contributed by atoms with Gasteiger partial charge in [-0.05, 0) is 69.2 Å². The van der Waals surface area contributed by atoms with Crippen LogP contribution >= 0.6 is 0 Å². The molecule has 34 heavy (non-hydrogen) atoms. The number of unbranched alkanes of at least 4 members (excludes halogenated alkanes) is 1. The van der Waals surface area contributed by atoms with Crippen molar-refractivity contribution in [3.8, 4) is 5.75 Å². The molecule has 0 spiro atoms. The van der Waals surface area contributed by atoms with Crippen LogP contribution in [0.25, 0.3) is 0 Å². The number of aliphatic hydroxyl groups is 1. The van der Waals surface area contributed by atoms with E-state index in [-0.39, 0.29) is 11.3 Å². The summed E-state index contributed by atoms with van der Waals surface area (Å²) in [6, 6.07) is 9.99. The van der Waals surface area contributed by atoms with Gasteiger partial charge in [-0.3, -0.25) is 9.59 Å². The molecule has 1 aromatic carbocycles. The number of benzene rings is 1. The first-order chi connectivity index (χ1) is 16.4. The quantitative estimate of drug-likeness (QED) is 0.326. The van der Waals surface area contributed by atoms with Crippen LogP contribution in [0.2, 0.25) is 0 Å². The highest BCUT2D eigenvalue weighted by atomic mass is 16.5. The lowest BCUT2D eigenvalue weighted by Crippen LogP contribution is -2.34. The van der Waals surface area contributed by atoms with Crippen LogP contribution < -0.4 is 4.74 Å². The Kier molecular flexibility index (Phi) is 8.93. The maximum Gasteiger partial charge on any atom is 0.290 e. The van der Waals surface area contributed by atoms with Gasteiger partial charge in [-0.25, -0.2) is 0 Å². The van der Waals surface area contributed by atoms with Gasteiger partial charge in [0, 0.05) is 6.54 Å². The zero-order chi connectivity index (χ0) is 24.7. The van der Waals surface area contributed by atoms with E-state index in [0.717, 1.165) is 44.5 Å². The Labute approximate surface area is 202 Å². The van der Waals surface area contributed by atoms with E-state index >= 15 is 0 Å². The average molecular weight is 469 g/mol. The molecule has 0 radical (unpaired) electrons. The van der Waals surface area contributed by atoms with Gasteiger partial charge in [0.1, 0.15) is 11.5 Å². The van der Waals surface area contributed by atoms with Crippen molar-refractivity contribution in [2.75, 3.05) is 32.8 Å². The number of ketones is 1. The molecule has 1 atom stereocenters. The van der Waals surface area contributed by atoms with Crippen LogP contribution in [0.15, 0.2) is 52.1 Å². The molecule has 1 aliphatic heterocycles. The number of carbonyl (C=O) groups is 2. The molecular weight excluding hydrogens is 432 g/mol. The fraction of sp³-hybridized carbons (Fsp3) is 0.481. The molecule has 1 aliphatic rings. The third-order valence-electron chi connectivity index (χ3n) is 6.22. The first-order valence-electron chi connectivity index (χ1n) is 12.2. The van der Waals surface area contributed by atoms with Gasteiger partial charge in [-0.15, -0.1) is 0 Å². The van der Waals surface area contributed by atoms with Crippen molar-refractivity contribution in [1.29, 1.82) is 0 Å². The van der Waals surface area contributed by atoms with E-state index in [0.29, 0.717) is 24.7 Å². The highest BCUT2D eigenvalue weighted by Gasteiger charge is 2.44. The second-order valence-electron chi connectivity index (χ2n) is 8.56. The van der Waals surface area contributed by atoms with Gasteiger partial charge in [-0.2, -0.15) is 0 Å². The number of amides is 1. The number of nitrogens with zero attached hydrogens (tertiary/aromatic N) is 2. The molecule has 7 heteroatoms. The van der Waals surface area contributed by atoms with Crippen LogP contribution in [0.1, 0.15) is 68.0 Å². The Balaban J connectivity index is 1.94. The van der Waals surface area contributed by atoms with Crippen LogP contribution in [-0.4, -0.2) is 59.4 Å². The monoisotopic (exact) mass is 468 g/mol. The molecule has 1 N–H and O–H groups in total. The molecule has 0 bridgehead atoms. The predicted octanol–water partition coefficient (Wildman–Crippen LogP) is 5.08. The number of aryl methyl sites for hydroxylation is 1. The summed E-state index contributed by atoms with van der Waals surface area (Å²) >= 11 is 0. The van der Waals surface area contributed by atoms with Gasteiger partial charge >= 0.3 is 0 Å². The third-order valence-corrected chi connectivity index (χ3v) is 6.22. The van der Waals surface area contributed by atoms with E-state index < -0.39 is 23.5 Å². The molecule has 1 unspecified atom stereocenters. The van der Waals surface area contributed by atoms with Gasteiger partial charge < -0.3 is 24.1 Å². The van der Waals surface area contributed by atoms with Crippen molar-refractivity contribution in [2.24, 2.45) is 0 Å². The second kappa shape index (κ2) is 11.9. The number of hydrogen-bond acceptors (Lipinski definition) is 6. The number of rotatable bonds is 13. The molecule has 0 fully saturated rings. The average Bonchev–Trinajstić information content (AvgIpc) is 3.38. The van der Waals surface area contributed by atoms with Gasteiger partial charge in [0.2, 0.25) is 5.78 Å². The van der Waals surface area contributed by atoms with Gasteiger partial charge in [-0.1, -0.05) is 39.3 Å². The number of ether oxygens (including phenoxy) is 1. The Morgan fingerprint density at radius 2 is 1.91 bits per heavy atom. The summed E-state index contributed by atoms with van der Waals surface area (Å²) in [7, 11) is 0.